The van der Waals surface area contributed by atoms with E-state index in [9.17, 15) is 9.90 Å². The van der Waals surface area contributed by atoms with Gasteiger partial charge in [-0.2, -0.15) is 0 Å². The van der Waals surface area contributed by atoms with E-state index in [2.05, 4.69) is 36.2 Å². The number of carbonyl (C=O) groups is 1. The van der Waals surface area contributed by atoms with Crippen molar-refractivity contribution < 1.29 is 19.4 Å². The minimum Gasteiger partial charge on any atom is -0.504 e. The highest BCUT2D eigenvalue weighted by Gasteiger charge is 2.78. The fourth-order valence-corrected chi connectivity index (χ4v) is 7.42. The van der Waals surface area contributed by atoms with E-state index in [1.807, 2.05) is 19.1 Å². The zero-order valence-electron chi connectivity index (χ0n) is 18.9. The highest BCUT2D eigenvalue weighted by atomic mass is 16.5. The molecular weight excluding hydrogens is 402 g/mol. The molecule has 0 amide bonds. The van der Waals surface area contributed by atoms with Gasteiger partial charge in [0.05, 0.1) is 11.0 Å². The highest BCUT2D eigenvalue weighted by molar-refractivity contribution is 5.94. The predicted molar refractivity (Wildman–Crippen MR) is 121 cm³/mol. The maximum atomic E-state index is 13.4. The van der Waals surface area contributed by atoms with Crippen molar-refractivity contribution in [1.82, 2.24) is 4.90 Å². The number of carbonyl (C=O) groups excluding carboxylic acids is 1. The summed E-state index contributed by atoms with van der Waals surface area (Å²) in [4.78, 5) is 15.8. The number of aryl methyl sites for hydroxylation is 1. The average Bonchev–Trinajstić information content (AvgIpc) is 3.08. The Morgan fingerprint density at radius 3 is 2.81 bits per heavy atom. The van der Waals surface area contributed by atoms with Crippen LogP contribution in [-0.2, 0) is 27.8 Å². The van der Waals surface area contributed by atoms with Crippen LogP contribution >= 0.6 is 0 Å². The summed E-state index contributed by atoms with van der Waals surface area (Å²) in [7, 11) is 2.18. The quantitative estimate of drug-likeness (QED) is 0.727. The summed E-state index contributed by atoms with van der Waals surface area (Å²) < 4.78 is 13.4. The molecule has 2 bridgehead atoms. The molecule has 1 saturated carbocycles. The van der Waals surface area contributed by atoms with Gasteiger partial charge in [0.1, 0.15) is 0 Å². The molecule has 168 valence electrons. The molecule has 4 atom stereocenters. The SMILES string of the molecule is CN1CC[C@]23c4c5ccc(O)c4O[C@]2(C)C(=O)CCC3(OCCCc2ccccc2)C1C5. The van der Waals surface area contributed by atoms with E-state index in [0.29, 0.717) is 25.2 Å². The standard InChI is InChI=1S/C27H31NO4/c1-25-22(30)12-13-27(31-16-6-9-18-7-4-3-5-8-18)21-17-19-10-11-20(29)24(32-25)23(19)26(25,27)14-15-28(21)2/h3-5,7-8,10-11,21,29H,6,9,12-17H2,1-2H3/t21?,25-,26+,27?/m1/s1. The Bertz CT molecular complexity index is 1080. The largest absolute Gasteiger partial charge is 0.504 e. The summed E-state index contributed by atoms with van der Waals surface area (Å²) in [6.45, 7) is 3.49. The molecule has 2 fully saturated rings. The van der Waals surface area contributed by atoms with Gasteiger partial charge in [0.2, 0.25) is 0 Å². The Hall–Kier alpha value is -2.37. The molecule has 5 heteroatoms. The van der Waals surface area contributed by atoms with Crippen LogP contribution in [0.25, 0.3) is 0 Å². The summed E-state index contributed by atoms with van der Waals surface area (Å²) in [5.74, 6) is 0.783. The number of aromatic hydroxyl groups is 1. The molecule has 1 spiro atoms. The zero-order chi connectivity index (χ0) is 22.1. The third-order valence-electron chi connectivity index (χ3n) is 8.88. The van der Waals surface area contributed by atoms with E-state index in [1.54, 1.807) is 6.07 Å². The van der Waals surface area contributed by atoms with Crippen molar-refractivity contribution in [2.75, 3.05) is 20.2 Å². The number of rotatable bonds is 5. The van der Waals surface area contributed by atoms with Crippen LogP contribution in [0.4, 0.5) is 0 Å². The number of nitrogens with zero attached hydrogens (tertiary/aromatic N) is 1. The van der Waals surface area contributed by atoms with Gasteiger partial charge in [-0.05, 0) is 69.8 Å². The van der Waals surface area contributed by atoms with Crippen LogP contribution in [0.3, 0.4) is 0 Å². The summed E-state index contributed by atoms with van der Waals surface area (Å²) in [6, 6.07) is 14.4. The van der Waals surface area contributed by atoms with Gasteiger partial charge in [-0.3, -0.25) is 4.79 Å². The van der Waals surface area contributed by atoms with E-state index in [-0.39, 0.29) is 17.6 Å². The fraction of sp³-hybridized carbons (Fsp3) is 0.519. The van der Waals surface area contributed by atoms with Crippen LogP contribution in [0.2, 0.25) is 0 Å². The van der Waals surface area contributed by atoms with E-state index in [0.717, 1.165) is 37.8 Å². The first-order chi connectivity index (χ1) is 15.4. The lowest BCUT2D eigenvalue weighted by molar-refractivity contribution is -0.228. The maximum absolute atomic E-state index is 13.4. The fourth-order valence-electron chi connectivity index (χ4n) is 7.42. The topological polar surface area (TPSA) is 59.0 Å². The van der Waals surface area contributed by atoms with Crippen LogP contribution < -0.4 is 4.74 Å². The first kappa shape index (κ1) is 20.3. The third-order valence-corrected chi connectivity index (χ3v) is 8.88. The second kappa shape index (κ2) is 6.82. The van der Waals surface area contributed by atoms with E-state index < -0.39 is 16.6 Å². The van der Waals surface area contributed by atoms with Gasteiger partial charge in [0, 0.05) is 24.6 Å². The first-order valence-corrected chi connectivity index (χ1v) is 11.9. The third kappa shape index (κ3) is 2.33. The summed E-state index contributed by atoms with van der Waals surface area (Å²) in [5, 5.41) is 10.7. The molecule has 2 heterocycles. The Morgan fingerprint density at radius 1 is 1.19 bits per heavy atom. The average molecular weight is 434 g/mol. The van der Waals surface area contributed by atoms with E-state index in [4.69, 9.17) is 9.47 Å². The van der Waals surface area contributed by atoms with Crippen LogP contribution in [0.15, 0.2) is 42.5 Å². The van der Waals surface area contributed by atoms with Crippen LogP contribution in [0.5, 0.6) is 11.5 Å². The minimum atomic E-state index is -0.999. The second-order valence-electron chi connectivity index (χ2n) is 10.2. The van der Waals surface area contributed by atoms with Crippen molar-refractivity contribution in [2.45, 2.75) is 68.1 Å². The van der Waals surface area contributed by atoms with Gasteiger partial charge in [0.25, 0.3) is 0 Å². The molecule has 2 aromatic carbocycles. The number of likely N-dealkylation sites (tertiary alicyclic amines) is 1. The van der Waals surface area contributed by atoms with Gasteiger partial charge < -0.3 is 19.5 Å². The van der Waals surface area contributed by atoms with Crippen molar-refractivity contribution in [1.29, 1.82) is 0 Å². The number of ketones is 1. The zero-order valence-corrected chi connectivity index (χ0v) is 18.9. The Labute approximate surface area is 189 Å². The molecule has 2 aliphatic heterocycles. The summed E-state index contributed by atoms with van der Waals surface area (Å²) >= 11 is 0. The number of hydrogen-bond donors (Lipinski definition) is 1. The Morgan fingerprint density at radius 2 is 2.00 bits per heavy atom. The highest BCUT2D eigenvalue weighted by Crippen LogP contribution is 2.69. The monoisotopic (exact) mass is 433 g/mol. The van der Waals surface area contributed by atoms with E-state index >= 15 is 0 Å². The molecule has 6 rings (SSSR count). The van der Waals surface area contributed by atoms with Crippen molar-refractivity contribution >= 4 is 5.78 Å². The number of piperidine rings is 1. The molecule has 2 unspecified atom stereocenters. The number of likely N-dealkylation sites (N-methyl/N-ethyl adjacent to an activating group) is 1. The molecular formula is C27H31NO4. The van der Waals surface area contributed by atoms with Crippen molar-refractivity contribution in [2.24, 2.45) is 0 Å². The van der Waals surface area contributed by atoms with Gasteiger partial charge in [-0.1, -0.05) is 36.4 Å². The van der Waals surface area contributed by atoms with E-state index in [1.165, 1.54) is 11.1 Å². The normalized spacial score (nSPS) is 34.8. The van der Waals surface area contributed by atoms with Crippen LogP contribution in [-0.4, -0.2) is 53.2 Å². The second-order valence-corrected chi connectivity index (χ2v) is 10.2. The number of ether oxygens (including phenoxy) is 2. The molecule has 0 radical (unpaired) electrons. The lowest BCUT2D eigenvalue weighted by Gasteiger charge is -2.66. The Kier molecular flexibility index (Phi) is 4.31. The number of phenolic OH excluding ortho intramolecular Hbond substituents is 1. The lowest BCUT2D eigenvalue weighted by atomic mass is 9.45. The minimum absolute atomic E-state index is 0.132. The molecule has 32 heavy (non-hydrogen) atoms. The molecule has 2 aliphatic carbocycles. The molecule has 4 aliphatic rings. The Balaban J connectivity index is 1.43. The van der Waals surface area contributed by atoms with Crippen LogP contribution in [0.1, 0.15) is 49.3 Å². The number of phenols is 1. The van der Waals surface area contributed by atoms with Gasteiger partial charge in [-0.25, -0.2) is 0 Å². The molecule has 1 N–H and O–H groups in total. The van der Waals surface area contributed by atoms with Gasteiger partial charge in [-0.15, -0.1) is 0 Å². The summed E-state index contributed by atoms with van der Waals surface area (Å²) in [6.07, 6.45) is 4.71. The summed E-state index contributed by atoms with van der Waals surface area (Å²) in [5.41, 5.74) is 1.50. The number of Topliss-reactive ketones (excluding diaryl/α,β-unsaturated/α-hetero) is 1. The molecule has 2 aromatic rings. The molecule has 1 saturated heterocycles. The first-order valence-electron chi connectivity index (χ1n) is 11.9. The number of benzene rings is 2. The van der Waals surface area contributed by atoms with Gasteiger partial charge >= 0.3 is 0 Å². The van der Waals surface area contributed by atoms with Crippen molar-refractivity contribution in [3.8, 4) is 11.5 Å². The van der Waals surface area contributed by atoms with Crippen molar-refractivity contribution in [3.05, 3.63) is 59.2 Å². The van der Waals surface area contributed by atoms with Crippen molar-refractivity contribution in [3.63, 3.8) is 0 Å². The number of hydrogen-bond acceptors (Lipinski definition) is 5. The molecule has 0 aromatic heterocycles. The molecule has 5 nitrogen and oxygen atoms in total. The maximum Gasteiger partial charge on any atom is 0.177 e. The lowest BCUT2D eigenvalue weighted by Crippen LogP contribution is -2.80. The van der Waals surface area contributed by atoms with Crippen LogP contribution in [0, 0.1) is 0 Å². The van der Waals surface area contributed by atoms with Gasteiger partial charge in [0.15, 0.2) is 22.9 Å². The predicted octanol–water partition coefficient (Wildman–Crippen LogP) is 3.79. The smallest absolute Gasteiger partial charge is 0.177 e.